The normalized spacial score (nSPS) is 10.6. The first-order valence-electron chi connectivity index (χ1n) is 4.99. The summed E-state index contributed by atoms with van der Waals surface area (Å²) in [6, 6.07) is 6.61. The first kappa shape index (κ1) is 11.1. The van der Waals surface area contributed by atoms with Crippen LogP contribution in [0.15, 0.2) is 33.9 Å². The number of para-hydroxylation sites is 1. The Morgan fingerprint density at radius 3 is 2.59 bits per heavy atom. The van der Waals surface area contributed by atoms with Gasteiger partial charge in [-0.1, -0.05) is 12.1 Å². The van der Waals surface area contributed by atoms with Crippen molar-refractivity contribution in [2.45, 2.75) is 6.54 Å². The Morgan fingerprint density at radius 1 is 1.29 bits per heavy atom. The van der Waals surface area contributed by atoms with Crippen LogP contribution in [0.1, 0.15) is 0 Å². The number of fused-ring (bicyclic) bond motifs is 1. The highest BCUT2D eigenvalue weighted by atomic mass is 16.2. The molecule has 1 aromatic heterocycles. The van der Waals surface area contributed by atoms with Crippen molar-refractivity contribution in [1.29, 1.82) is 0 Å². The van der Waals surface area contributed by atoms with Crippen LogP contribution in [0.5, 0.6) is 0 Å². The van der Waals surface area contributed by atoms with Gasteiger partial charge in [-0.2, -0.15) is 0 Å². The van der Waals surface area contributed by atoms with Gasteiger partial charge >= 0.3 is 5.69 Å². The predicted molar refractivity (Wildman–Crippen MR) is 62.6 cm³/mol. The summed E-state index contributed by atoms with van der Waals surface area (Å²) in [6.45, 7) is -0.243. The molecule has 2 aromatic rings. The standard InChI is InChI=1S/C11H11N3O3/c1-13-10(16)7-4-2-3-5-8(7)14(11(13)17)6-9(12)15/h2-5H,6H2,1H3,(H2,12,15). The van der Waals surface area contributed by atoms with E-state index in [1.165, 1.54) is 11.6 Å². The zero-order valence-electron chi connectivity index (χ0n) is 9.21. The first-order valence-corrected chi connectivity index (χ1v) is 4.99. The van der Waals surface area contributed by atoms with Crippen molar-refractivity contribution in [3.63, 3.8) is 0 Å². The minimum absolute atomic E-state index is 0.243. The van der Waals surface area contributed by atoms with Crippen LogP contribution in [0.3, 0.4) is 0 Å². The molecule has 0 saturated carbocycles. The van der Waals surface area contributed by atoms with E-state index in [9.17, 15) is 14.4 Å². The molecule has 1 heterocycles. The number of nitrogens with two attached hydrogens (primary N) is 1. The van der Waals surface area contributed by atoms with Crippen LogP contribution in [0.4, 0.5) is 0 Å². The third-order valence-electron chi connectivity index (χ3n) is 2.56. The Balaban J connectivity index is 2.95. The van der Waals surface area contributed by atoms with Crippen molar-refractivity contribution in [3.8, 4) is 0 Å². The van der Waals surface area contributed by atoms with E-state index in [1.54, 1.807) is 24.3 Å². The van der Waals surface area contributed by atoms with Gasteiger partial charge in [0.2, 0.25) is 5.91 Å². The molecular weight excluding hydrogens is 222 g/mol. The molecule has 0 aliphatic heterocycles. The molecule has 2 N–H and O–H groups in total. The molecule has 0 bridgehead atoms. The largest absolute Gasteiger partial charge is 0.368 e. The van der Waals surface area contributed by atoms with Crippen molar-refractivity contribution in [1.82, 2.24) is 9.13 Å². The van der Waals surface area contributed by atoms with Crippen LogP contribution in [0.25, 0.3) is 10.9 Å². The second-order valence-corrected chi connectivity index (χ2v) is 3.72. The molecule has 0 aliphatic rings. The highest BCUT2D eigenvalue weighted by Gasteiger charge is 2.11. The third kappa shape index (κ3) is 1.73. The van der Waals surface area contributed by atoms with Gasteiger partial charge in [-0.15, -0.1) is 0 Å². The van der Waals surface area contributed by atoms with Gasteiger partial charge in [-0.05, 0) is 12.1 Å². The molecule has 6 heteroatoms. The lowest BCUT2D eigenvalue weighted by atomic mass is 10.2. The van der Waals surface area contributed by atoms with Gasteiger partial charge < -0.3 is 5.73 Å². The Labute approximate surface area is 95.9 Å². The van der Waals surface area contributed by atoms with E-state index in [4.69, 9.17) is 5.73 Å². The molecule has 0 aliphatic carbocycles. The Hall–Kier alpha value is -2.37. The molecule has 0 atom stereocenters. The molecule has 1 aromatic carbocycles. The average Bonchev–Trinajstić information content (AvgIpc) is 2.31. The second kappa shape index (κ2) is 3.89. The van der Waals surface area contributed by atoms with E-state index < -0.39 is 11.6 Å². The van der Waals surface area contributed by atoms with Gasteiger partial charge in [0.15, 0.2) is 0 Å². The average molecular weight is 233 g/mol. The number of benzene rings is 1. The van der Waals surface area contributed by atoms with Crippen molar-refractivity contribution in [2.75, 3.05) is 0 Å². The lowest BCUT2D eigenvalue weighted by Gasteiger charge is -2.09. The van der Waals surface area contributed by atoms with Crippen LogP contribution in [-0.2, 0) is 18.4 Å². The van der Waals surface area contributed by atoms with Gasteiger partial charge in [0.25, 0.3) is 5.56 Å². The van der Waals surface area contributed by atoms with Crippen molar-refractivity contribution >= 4 is 16.8 Å². The zero-order valence-corrected chi connectivity index (χ0v) is 9.21. The number of primary amides is 1. The number of carbonyl (C=O) groups is 1. The quantitative estimate of drug-likeness (QED) is 0.735. The number of hydrogen-bond acceptors (Lipinski definition) is 3. The van der Waals surface area contributed by atoms with E-state index in [1.807, 2.05) is 0 Å². The number of hydrogen-bond donors (Lipinski definition) is 1. The van der Waals surface area contributed by atoms with Gasteiger partial charge in [0.05, 0.1) is 10.9 Å². The number of rotatable bonds is 2. The number of nitrogens with zero attached hydrogens (tertiary/aromatic N) is 2. The molecule has 6 nitrogen and oxygen atoms in total. The van der Waals surface area contributed by atoms with E-state index in [2.05, 4.69) is 0 Å². The Morgan fingerprint density at radius 2 is 1.94 bits per heavy atom. The minimum Gasteiger partial charge on any atom is -0.368 e. The summed E-state index contributed by atoms with van der Waals surface area (Å²) in [5.74, 6) is -0.629. The molecule has 17 heavy (non-hydrogen) atoms. The highest BCUT2D eigenvalue weighted by molar-refractivity contribution is 5.80. The fourth-order valence-corrected chi connectivity index (χ4v) is 1.75. The zero-order chi connectivity index (χ0) is 12.6. The fourth-order valence-electron chi connectivity index (χ4n) is 1.75. The smallest absolute Gasteiger partial charge is 0.331 e. The summed E-state index contributed by atoms with van der Waals surface area (Å²) in [5, 5.41) is 0.385. The van der Waals surface area contributed by atoms with E-state index in [0.29, 0.717) is 10.9 Å². The SMILES string of the molecule is Cn1c(=O)c2ccccc2n(CC(N)=O)c1=O. The van der Waals surface area contributed by atoms with E-state index in [0.717, 1.165) is 4.57 Å². The maximum atomic E-state index is 11.9. The molecular formula is C11H11N3O3. The molecule has 0 radical (unpaired) electrons. The van der Waals surface area contributed by atoms with Crippen LogP contribution < -0.4 is 17.0 Å². The molecule has 0 saturated heterocycles. The summed E-state index contributed by atoms with van der Waals surface area (Å²) in [4.78, 5) is 34.6. The summed E-state index contributed by atoms with van der Waals surface area (Å²) in [7, 11) is 1.37. The van der Waals surface area contributed by atoms with Gasteiger partial charge in [0.1, 0.15) is 6.54 Å². The minimum atomic E-state index is -0.629. The van der Waals surface area contributed by atoms with Gasteiger partial charge in [0, 0.05) is 7.05 Å². The van der Waals surface area contributed by atoms with Crippen molar-refractivity contribution in [3.05, 3.63) is 45.1 Å². The van der Waals surface area contributed by atoms with E-state index in [-0.39, 0.29) is 12.1 Å². The Bertz CT molecular complexity index is 712. The maximum Gasteiger partial charge on any atom is 0.331 e. The molecule has 1 amide bonds. The van der Waals surface area contributed by atoms with Crippen LogP contribution in [0, 0.1) is 0 Å². The predicted octanol–water partition coefficient (Wildman–Crippen LogP) is -0.815. The molecule has 88 valence electrons. The van der Waals surface area contributed by atoms with Crippen LogP contribution in [-0.4, -0.2) is 15.0 Å². The lowest BCUT2D eigenvalue weighted by Crippen LogP contribution is -2.40. The number of carbonyl (C=O) groups excluding carboxylic acids is 1. The summed E-state index contributed by atoms with van der Waals surface area (Å²) < 4.78 is 2.16. The van der Waals surface area contributed by atoms with Crippen molar-refractivity contribution < 1.29 is 4.79 Å². The fraction of sp³-hybridized carbons (Fsp3) is 0.182. The Kier molecular flexibility index (Phi) is 2.55. The second-order valence-electron chi connectivity index (χ2n) is 3.72. The monoisotopic (exact) mass is 233 g/mol. The summed E-state index contributed by atoms with van der Waals surface area (Å²) in [6.07, 6.45) is 0. The van der Waals surface area contributed by atoms with Gasteiger partial charge in [-0.25, -0.2) is 4.79 Å². The molecule has 0 unspecified atom stereocenters. The van der Waals surface area contributed by atoms with E-state index >= 15 is 0 Å². The summed E-state index contributed by atoms with van der Waals surface area (Å²) >= 11 is 0. The van der Waals surface area contributed by atoms with Gasteiger partial charge in [-0.3, -0.25) is 18.7 Å². The van der Waals surface area contributed by atoms with Crippen molar-refractivity contribution in [2.24, 2.45) is 12.8 Å². The number of aromatic nitrogens is 2. The molecule has 0 fully saturated rings. The maximum absolute atomic E-state index is 11.9. The number of amides is 1. The van der Waals surface area contributed by atoms with Crippen LogP contribution >= 0.6 is 0 Å². The first-order chi connectivity index (χ1) is 8.02. The highest BCUT2D eigenvalue weighted by Crippen LogP contribution is 2.06. The molecule has 0 spiro atoms. The topological polar surface area (TPSA) is 87.1 Å². The molecule has 2 rings (SSSR count). The summed E-state index contributed by atoms with van der Waals surface area (Å²) in [5.41, 5.74) is 4.57. The van der Waals surface area contributed by atoms with Crippen LogP contribution in [0.2, 0.25) is 0 Å². The lowest BCUT2D eigenvalue weighted by molar-refractivity contribution is -0.118. The third-order valence-corrected chi connectivity index (χ3v) is 2.56.